The molecule has 0 bridgehead atoms. The van der Waals surface area contributed by atoms with Gasteiger partial charge in [-0.3, -0.25) is 9.59 Å². The fourth-order valence-electron chi connectivity index (χ4n) is 3.08. The second-order valence-electron chi connectivity index (χ2n) is 6.79. The molecular formula is C17H32N4O4. The molecule has 1 heterocycles. The first-order valence-corrected chi connectivity index (χ1v) is 9.12. The quantitative estimate of drug-likeness (QED) is 0.408. The molecule has 1 fully saturated rings. The summed E-state index contributed by atoms with van der Waals surface area (Å²) in [6.45, 7) is 4.69. The minimum absolute atomic E-state index is 0.189. The summed E-state index contributed by atoms with van der Waals surface area (Å²) in [4.78, 5) is 38.0. The normalized spacial score (nSPS) is 20.8. The molecule has 1 rings (SSSR count). The summed E-state index contributed by atoms with van der Waals surface area (Å²) >= 11 is 0. The standard InChI is InChI=1S/C17H32N4O4/c1-3-11(2)14(17(24)25)20-15(22)13-8-6-10-21(13)16(23)12(19)7-4-5-9-18/h11-14H,3-10,18-19H2,1-2H3,(H,20,22)(H,24,25). The Morgan fingerprint density at radius 3 is 2.56 bits per heavy atom. The second-order valence-corrected chi connectivity index (χ2v) is 6.79. The number of amides is 2. The molecule has 6 N–H and O–H groups in total. The average Bonchev–Trinajstić information content (AvgIpc) is 3.07. The van der Waals surface area contributed by atoms with Crippen molar-refractivity contribution in [2.45, 2.75) is 70.5 Å². The molecule has 0 radical (unpaired) electrons. The first-order chi connectivity index (χ1) is 11.8. The van der Waals surface area contributed by atoms with E-state index < -0.39 is 30.0 Å². The van der Waals surface area contributed by atoms with Gasteiger partial charge in [-0.2, -0.15) is 0 Å². The highest BCUT2D eigenvalue weighted by atomic mass is 16.4. The molecule has 8 heteroatoms. The largest absolute Gasteiger partial charge is 0.480 e. The van der Waals surface area contributed by atoms with E-state index in [-0.39, 0.29) is 11.8 Å². The number of rotatable bonds is 10. The summed E-state index contributed by atoms with van der Waals surface area (Å²) in [6, 6.07) is -2.24. The van der Waals surface area contributed by atoms with Gasteiger partial charge in [0, 0.05) is 6.54 Å². The molecule has 144 valence electrons. The third-order valence-electron chi connectivity index (χ3n) is 4.90. The highest BCUT2D eigenvalue weighted by Gasteiger charge is 2.38. The third-order valence-corrected chi connectivity index (χ3v) is 4.90. The van der Waals surface area contributed by atoms with Crippen molar-refractivity contribution in [2.24, 2.45) is 17.4 Å². The monoisotopic (exact) mass is 356 g/mol. The summed E-state index contributed by atoms with van der Waals surface area (Å²) < 4.78 is 0. The van der Waals surface area contributed by atoms with Crippen molar-refractivity contribution in [3.05, 3.63) is 0 Å². The Kier molecular flexibility index (Phi) is 8.85. The fourth-order valence-corrected chi connectivity index (χ4v) is 3.08. The highest BCUT2D eigenvalue weighted by Crippen LogP contribution is 2.20. The number of carboxylic acid groups (broad SMARTS) is 1. The van der Waals surface area contributed by atoms with E-state index in [1.54, 1.807) is 6.92 Å². The highest BCUT2D eigenvalue weighted by molar-refractivity contribution is 5.92. The van der Waals surface area contributed by atoms with Crippen LogP contribution in [0.25, 0.3) is 0 Å². The number of unbranched alkanes of at least 4 members (excludes halogenated alkanes) is 1. The molecule has 0 aromatic carbocycles. The topological polar surface area (TPSA) is 139 Å². The van der Waals surface area contributed by atoms with Crippen molar-refractivity contribution < 1.29 is 19.5 Å². The summed E-state index contributed by atoms with van der Waals surface area (Å²) in [7, 11) is 0. The van der Waals surface area contributed by atoms with Gasteiger partial charge in [0.2, 0.25) is 11.8 Å². The van der Waals surface area contributed by atoms with Crippen LogP contribution >= 0.6 is 0 Å². The van der Waals surface area contributed by atoms with Gasteiger partial charge in [-0.1, -0.05) is 26.7 Å². The molecule has 4 atom stereocenters. The van der Waals surface area contributed by atoms with Crippen LogP contribution in [0.1, 0.15) is 52.4 Å². The van der Waals surface area contributed by atoms with Gasteiger partial charge in [-0.25, -0.2) is 4.79 Å². The van der Waals surface area contributed by atoms with Crippen LogP contribution in [0.2, 0.25) is 0 Å². The van der Waals surface area contributed by atoms with Gasteiger partial charge in [0.15, 0.2) is 0 Å². The predicted octanol–water partition coefficient (Wildman–Crippen LogP) is 0.0492. The first kappa shape index (κ1) is 21.4. The van der Waals surface area contributed by atoms with Crippen LogP contribution in [-0.2, 0) is 14.4 Å². The lowest BCUT2D eigenvalue weighted by Gasteiger charge is -2.29. The summed E-state index contributed by atoms with van der Waals surface area (Å²) in [5.41, 5.74) is 11.4. The SMILES string of the molecule is CCC(C)C(NC(=O)C1CCCN1C(=O)C(N)CCCCN)C(=O)O. The van der Waals surface area contributed by atoms with Gasteiger partial charge < -0.3 is 26.8 Å². The average molecular weight is 356 g/mol. The van der Waals surface area contributed by atoms with E-state index in [1.807, 2.05) is 6.92 Å². The number of nitrogens with one attached hydrogen (secondary N) is 1. The number of nitrogens with zero attached hydrogens (tertiary/aromatic N) is 1. The zero-order valence-electron chi connectivity index (χ0n) is 15.2. The number of carbonyl (C=O) groups is 3. The van der Waals surface area contributed by atoms with E-state index in [9.17, 15) is 19.5 Å². The number of aliphatic carboxylic acids is 1. The van der Waals surface area contributed by atoms with Gasteiger partial charge in [-0.15, -0.1) is 0 Å². The maximum Gasteiger partial charge on any atom is 0.326 e. The van der Waals surface area contributed by atoms with Crippen molar-refractivity contribution in [3.8, 4) is 0 Å². The molecule has 1 saturated heterocycles. The zero-order valence-corrected chi connectivity index (χ0v) is 15.2. The Morgan fingerprint density at radius 2 is 2.00 bits per heavy atom. The summed E-state index contributed by atoms with van der Waals surface area (Å²) in [5.74, 6) is -1.90. The van der Waals surface area contributed by atoms with E-state index in [0.29, 0.717) is 38.8 Å². The molecule has 0 aliphatic carbocycles. The molecule has 8 nitrogen and oxygen atoms in total. The number of hydrogen-bond acceptors (Lipinski definition) is 5. The maximum absolute atomic E-state index is 12.6. The van der Waals surface area contributed by atoms with E-state index in [1.165, 1.54) is 4.90 Å². The smallest absolute Gasteiger partial charge is 0.326 e. The summed E-state index contributed by atoms with van der Waals surface area (Å²) in [5, 5.41) is 11.9. The lowest BCUT2D eigenvalue weighted by atomic mass is 9.98. The van der Waals surface area contributed by atoms with Crippen LogP contribution in [0.3, 0.4) is 0 Å². The van der Waals surface area contributed by atoms with Crippen molar-refractivity contribution in [1.29, 1.82) is 0 Å². The van der Waals surface area contributed by atoms with Gasteiger partial charge in [-0.05, 0) is 38.1 Å². The minimum Gasteiger partial charge on any atom is -0.480 e. The molecule has 0 spiro atoms. The molecule has 2 amide bonds. The number of carbonyl (C=O) groups excluding carboxylic acids is 2. The van der Waals surface area contributed by atoms with Gasteiger partial charge in [0.25, 0.3) is 0 Å². The van der Waals surface area contributed by atoms with Crippen LogP contribution in [0.5, 0.6) is 0 Å². The Hall–Kier alpha value is -1.67. The Balaban J connectivity index is 2.70. The molecular weight excluding hydrogens is 324 g/mol. The third kappa shape index (κ3) is 5.97. The van der Waals surface area contributed by atoms with Gasteiger partial charge in [0.05, 0.1) is 6.04 Å². The van der Waals surface area contributed by atoms with Crippen LogP contribution in [0.15, 0.2) is 0 Å². The molecule has 4 unspecified atom stereocenters. The molecule has 0 aromatic heterocycles. The minimum atomic E-state index is -1.06. The summed E-state index contributed by atoms with van der Waals surface area (Å²) in [6.07, 6.45) is 3.98. The van der Waals surface area contributed by atoms with E-state index in [2.05, 4.69) is 5.32 Å². The Morgan fingerprint density at radius 1 is 1.32 bits per heavy atom. The first-order valence-electron chi connectivity index (χ1n) is 9.12. The number of nitrogens with two attached hydrogens (primary N) is 2. The van der Waals surface area contributed by atoms with Gasteiger partial charge in [0.1, 0.15) is 12.1 Å². The number of likely N-dealkylation sites (tertiary alicyclic amines) is 1. The van der Waals surface area contributed by atoms with Gasteiger partial charge >= 0.3 is 5.97 Å². The van der Waals surface area contributed by atoms with Crippen LogP contribution in [0, 0.1) is 5.92 Å². The molecule has 1 aliphatic heterocycles. The number of carboxylic acids is 1. The molecule has 1 aliphatic rings. The predicted molar refractivity (Wildman–Crippen MR) is 94.6 cm³/mol. The van der Waals surface area contributed by atoms with Crippen LogP contribution in [-0.4, -0.2) is 59.0 Å². The molecule has 25 heavy (non-hydrogen) atoms. The molecule has 0 aromatic rings. The van der Waals surface area contributed by atoms with Crippen LogP contribution in [0.4, 0.5) is 0 Å². The Bertz CT molecular complexity index is 472. The van der Waals surface area contributed by atoms with Crippen molar-refractivity contribution >= 4 is 17.8 Å². The number of hydrogen-bond donors (Lipinski definition) is 4. The Labute approximate surface area is 149 Å². The maximum atomic E-state index is 12.6. The lowest BCUT2D eigenvalue weighted by molar-refractivity contribution is -0.145. The van der Waals surface area contributed by atoms with Crippen molar-refractivity contribution in [1.82, 2.24) is 10.2 Å². The van der Waals surface area contributed by atoms with Crippen molar-refractivity contribution in [3.63, 3.8) is 0 Å². The van der Waals surface area contributed by atoms with E-state index in [0.717, 1.165) is 12.8 Å². The lowest BCUT2D eigenvalue weighted by Crippen LogP contribution is -2.55. The molecule has 0 saturated carbocycles. The van der Waals surface area contributed by atoms with Crippen molar-refractivity contribution in [2.75, 3.05) is 13.1 Å². The fraction of sp³-hybridized carbons (Fsp3) is 0.824. The van der Waals surface area contributed by atoms with Crippen LogP contribution < -0.4 is 16.8 Å². The van der Waals surface area contributed by atoms with E-state index >= 15 is 0 Å². The zero-order chi connectivity index (χ0) is 19.0. The van der Waals surface area contributed by atoms with E-state index in [4.69, 9.17) is 11.5 Å². The second kappa shape index (κ2) is 10.4.